The van der Waals surface area contributed by atoms with Crippen LogP contribution in [0.25, 0.3) is 0 Å². The van der Waals surface area contributed by atoms with Gasteiger partial charge in [0.15, 0.2) is 0 Å². The van der Waals surface area contributed by atoms with E-state index >= 15 is 0 Å². The quantitative estimate of drug-likeness (QED) is 0.584. The molecular formula is C20H16Cl2F3N3. The topological polar surface area (TPSA) is 37.8 Å². The fraction of sp³-hybridized carbons (Fsp3) is 0.200. The van der Waals surface area contributed by atoms with Crippen molar-refractivity contribution in [2.45, 2.75) is 11.6 Å². The monoisotopic (exact) mass is 425 g/mol. The Morgan fingerprint density at radius 1 is 0.786 bits per heavy atom. The molecule has 8 heteroatoms. The van der Waals surface area contributed by atoms with Crippen molar-refractivity contribution in [3.05, 3.63) is 94.0 Å². The minimum Gasteiger partial charge on any atom is -0.307 e. The predicted molar refractivity (Wildman–Crippen MR) is 104 cm³/mol. The van der Waals surface area contributed by atoms with Crippen LogP contribution in [-0.2, 0) is 5.41 Å². The highest BCUT2D eigenvalue weighted by atomic mass is 35.5. The van der Waals surface area contributed by atoms with Crippen LogP contribution >= 0.6 is 23.2 Å². The minimum absolute atomic E-state index is 0.0550. The van der Waals surface area contributed by atoms with E-state index in [1.165, 1.54) is 0 Å². The van der Waals surface area contributed by atoms with Gasteiger partial charge >= 0.3 is 6.18 Å². The van der Waals surface area contributed by atoms with Gasteiger partial charge in [0.2, 0.25) is 0 Å². The second-order valence-electron chi connectivity index (χ2n) is 6.27. The van der Waals surface area contributed by atoms with E-state index in [2.05, 4.69) is 15.3 Å². The first-order valence-corrected chi connectivity index (χ1v) is 9.12. The van der Waals surface area contributed by atoms with Gasteiger partial charge in [-0.05, 0) is 47.0 Å². The Hall–Kier alpha value is -2.15. The van der Waals surface area contributed by atoms with Crippen molar-refractivity contribution in [2.24, 2.45) is 0 Å². The highest BCUT2D eigenvalue weighted by Crippen LogP contribution is 2.40. The van der Waals surface area contributed by atoms with Gasteiger partial charge in [-0.15, -0.1) is 0 Å². The molecule has 0 aliphatic heterocycles. The zero-order valence-corrected chi connectivity index (χ0v) is 16.1. The lowest BCUT2D eigenvalue weighted by molar-refractivity contribution is -0.125. The third-order valence-corrected chi connectivity index (χ3v) is 4.82. The fourth-order valence-corrected chi connectivity index (χ4v) is 3.75. The Morgan fingerprint density at radius 2 is 1.32 bits per heavy atom. The Morgan fingerprint density at radius 3 is 1.75 bits per heavy atom. The molecule has 1 aromatic carbocycles. The van der Waals surface area contributed by atoms with Gasteiger partial charge in [-0.3, -0.25) is 9.97 Å². The van der Waals surface area contributed by atoms with Crippen molar-refractivity contribution in [1.29, 1.82) is 0 Å². The van der Waals surface area contributed by atoms with E-state index < -0.39 is 18.1 Å². The van der Waals surface area contributed by atoms with E-state index in [9.17, 15) is 13.2 Å². The molecular weight excluding hydrogens is 410 g/mol. The summed E-state index contributed by atoms with van der Waals surface area (Å²) in [5.41, 5.74) is 0.996. The predicted octanol–water partition coefficient (Wildman–Crippen LogP) is 5.27. The van der Waals surface area contributed by atoms with Crippen LogP contribution < -0.4 is 5.32 Å². The van der Waals surface area contributed by atoms with E-state index in [4.69, 9.17) is 23.2 Å². The maximum absolute atomic E-state index is 12.8. The van der Waals surface area contributed by atoms with Crippen molar-refractivity contribution in [3.63, 3.8) is 0 Å². The molecule has 2 heterocycles. The van der Waals surface area contributed by atoms with Crippen LogP contribution in [0.15, 0.2) is 67.3 Å². The summed E-state index contributed by atoms with van der Waals surface area (Å²) in [7, 11) is 0. The molecule has 28 heavy (non-hydrogen) atoms. The molecule has 0 fully saturated rings. The van der Waals surface area contributed by atoms with E-state index in [1.54, 1.807) is 55.1 Å². The normalized spacial score (nSPS) is 12.2. The maximum atomic E-state index is 12.8. The number of nitrogens with one attached hydrogen (secondary N) is 1. The standard InChI is InChI=1S/C20H16Cl2F3N3/c21-17-7-16(8-18(22)9-17)19(12-28-13-20(23,24)25,14-3-1-5-26-10-14)15-4-2-6-27-11-15/h1-11,28H,12-13H2. The smallest absolute Gasteiger partial charge is 0.307 e. The molecule has 0 saturated heterocycles. The van der Waals surface area contributed by atoms with Gasteiger partial charge in [-0.2, -0.15) is 13.2 Å². The molecule has 0 saturated carbocycles. The Labute approximate surface area is 170 Å². The Bertz CT molecular complexity index is 859. The zero-order valence-electron chi connectivity index (χ0n) is 14.5. The maximum Gasteiger partial charge on any atom is 0.401 e. The number of benzene rings is 1. The van der Waals surface area contributed by atoms with Crippen LogP contribution in [0.1, 0.15) is 16.7 Å². The summed E-state index contributed by atoms with van der Waals surface area (Å²) >= 11 is 12.4. The second kappa shape index (κ2) is 8.47. The fourth-order valence-electron chi connectivity index (χ4n) is 3.23. The van der Waals surface area contributed by atoms with Gasteiger partial charge in [0.1, 0.15) is 0 Å². The summed E-state index contributed by atoms with van der Waals surface area (Å²) in [6.45, 7) is -1.19. The lowest BCUT2D eigenvalue weighted by Crippen LogP contribution is -2.43. The molecule has 0 unspecified atom stereocenters. The molecule has 3 nitrogen and oxygen atoms in total. The molecule has 0 atom stereocenters. The number of alkyl halides is 3. The van der Waals surface area contributed by atoms with Crippen LogP contribution in [-0.4, -0.2) is 29.2 Å². The Kier molecular flexibility index (Phi) is 6.23. The zero-order chi connectivity index (χ0) is 20.2. The first kappa shape index (κ1) is 20.6. The average molecular weight is 426 g/mol. The first-order chi connectivity index (χ1) is 13.3. The van der Waals surface area contributed by atoms with E-state index in [0.29, 0.717) is 26.7 Å². The van der Waals surface area contributed by atoms with Gasteiger partial charge in [0.25, 0.3) is 0 Å². The summed E-state index contributed by atoms with van der Waals surface area (Å²) in [6.07, 6.45) is 2.10. The summed E-state index contributed by atoms with van der Waals surface area (Å²) in [5, 5.41) is 3.30. The van der Waals surface area contributed by atoms with Gasteiger partial charge in [0.05, 0.1) is 12.0 Å². The molecule has 3 aromatic rings. The third kappa shape index (κ3) is 4.63. The average Bonchev–Trinajstić information content (AvgIpc) is 2.65. The van der Waals surface area contributed by atoms with Gasteiger partial charge in [0, 0.05) is 41.4 Å². The first-order valence-electron chi connectivity index (χ1n) is 8.36. The number of halogens is 5. The van der Waals surface area contributed by atoms with Gasteiger partial charge in [-0.25, -0.2) is 0 Å². The van der Waals surface area contributed by atoms with Crippen molar-refractivity contribution < 1.29 is 13.2 Å². The van der Waals surface area contributed by atoms with Gasteiger partial charge in [-0.1, -0.05) is 35.3 Å². The van der Waals surface area contributed by atoms with Crippen molar-refractivity contribution in [3.8, 4) is 0 Å². The molecule has 0 amide bonds. The number of hydrogen-bond donors (Lipinski definition) is 1. The van der Waals surface area contributed by atoms with Crippen LogP contribution in [0.5, 0.6) is 0 Å². The second-order valence-corrected chi connectivity index (χ2v) is 7.14. The summed E-state index contributed by atoms with van der Waals surface area (Å²) in [5.74, 6) is 0. The van der Waals surface area contributed by atoms with Crippen molar-refractivity contribution in [2.75, 3.05) is 13.1 Å². The molecule has 1 N–H and O–H groups in total. The molecule has 0 aliphatic carbocycles. The number of rotatable bonds is 6. The van der Waals surface area contributed by atoms with E-state index in [-0.39, 0.29) is 6.54 Å². The molecule has 0 spiro atoms. The molecule has 0 aliphatic rings. The van der Waals surface area contributed by atoms with E-state index in [1.807, 2.05) is 12.1 Å². The van der Waals surface area contributed by atoms with E-state index in [0.717, 1.165) is 0 Å². The molecule has 0 radical (unpaired) electrons. The largest absolute Gasteiger partial charge is 0.401 e. The highest BCUT2D eigenvalue weighted by Gasteiger charge is 2.38. The lowest BCUT2D eigenvalue weighted by atomic mass is 9.70. The number of pyridine rings is 2. The van der Waals surface area contributed by atoms with Crippen LogP contribution in [0.3, 0.4) is 0 Å². The number of aromatic nitrogens is 2. The number of nitrogens with zero attached hydrogens (tertiary/aromatic N) is 2. The minimum atomic E-state index is -4.35. The van der Waals surface area contributed by atoms with Crippen LogP contribution in [0.2, 0.25) is 10.0 Å². The molecule has 0 bridgehead atoms. The summed E-state index contributed by atoms with van der Waals surface area (Å²) in [4.78, 5) is 8.33. The van der Waals surface area contributed by atoms with Gasteiger partial charge < -0.3 is 5.32 Å². The molecule has 2 aromatic heterocycles. The Balaban J connectivity index is 2.22. The summed E-state index contributed by atoms with van der Waals surface area (Å²) in [6, 6.07) is 12.1. The number of hydrogen-bond acceptors (Lipinski definition) is 3. The van der Waals surface area contributed by atoms with Crippen LogP contribution in [0, 0.1) is 0 Å². The third-order valence-electron chi connectivity index (χ3n) is 4.38. The van der Waals surface area contributed by atoms with Crippen molar-refractivity contribution in [1.82, 2.24) is 15.3 Å². The molecule has 146 valence electrons. The molecule has 3 rings (SSSR count). The van der Waals surface area contributed by atoms with Crippen LogP contribution in [0.4, 0.5) is 13.2 Å². The lowest BCUT2D eigenvalue weighted by Gasteiger charge is -2.36. The highest BCUT2D eigenvalue weighted by molar-refractivity contribution is 6.34. The van der Waals surface area contributed by atoms with Crippen molar-refractivity contribution >= 4 is 23.2 Å². The summed E-state index contributed by atoms with van der Waals surface area (Å²) < 4.78 is 38.5. The SMILES string of the molecule is FC(F)(F)CNCC(c1cccnc1)(c1cccnc1)c1cc(Cl)cc(Cl)c1.